The molecule has 0 fully saturated rings. The standard InChI is InChI=1S/C12H24N2/c1-5-9-14(12(4)6-2)10-11(3)7-8-13/h11-12H,5-7,9-10H2,1-4H3. The Morgan fingerprint density at radius 3 is 2.36 bits per heavy atom. The number of hydrogen-bond donors (Lipinski definition) is 0. The third-order valence-electron chi connectivity index (χ3n) is 2.71. The van der Waals surface area contributed by atoms with Crippen LogP contribution in [0.2, 0.25) is 0 Å². The summed E-state index contributed by atoms with van der Waals surface area (Å²) in [5.74, 6) is 0.501. The summed E-state index contributed by atoms with van der Waals surface area (Å²) in [6, 6.07) is 2.89. The summed E-state index contributed by atoms with van der Waals surface area (Å²) >= 11 is 0. The maximum absolute atomic E-state index is 8.61. The van der Waals surface area contributed by atoms with E-state index in [-0.39, 0.29) is 0 Å². The predicted molar refractivity (Wildman–Crippen MR) is 61.0 cm³/mol. The first kappa shape index (κ1) is 13.4. The predicted octanol–water partition coefficient (Wildman–Crippen LogP) is 3.05. The van der Waals surface area contributed by atoms with Crippen LogP contribution in [0.1, 0.15) is 47.0 Å². The molecule has 2 unspecified atom stereocenters. The minimum atomic E-state index is 0.501. The molecule has 0 aliphatic heterocycles. The molecule has 0 saturated heterocycles. The highest BCUT2D eigenvalue weighted by Crippen LogP contribution is 2.10. The van der Waals surface area contributed by atoms with Crippen LogP contribution in [0.5, 0.6) is 0 Å². The van der Waals surface area contributed by atoms with E-state index in [0.29, 0.717) is 18.4 Å². The van der Waals surface area contributed by atoms with Crippen LogP contribution in [0.4, 0.5) is 0 Å². The van der Waals surface area contributed by atoms with Gasteiger partial charge in [0, 0.05) is 19.0 Å². The fraction of sp³-hybridized carbons (Fsp3) is 0.917. The summed E-state index contributed by atoms with van der Waals surface area (Å²) in [5.41, 5.74) is 0. The van der Waals surface area contributed by atoms with Crippen molar-refractivity contribution < 1.29 is 0 Å². The van der Waals surface area contributed by atoms with E-state index in [9.17, 15) is 0 Å². The van der Waals surface area contributed by atoms with E-state index in [0.717, 1.165) is 13.1 Å². The van der Waals surface area contributed by atoms with Crippen molar-refractivity contribution in [1.82, 2.24) is 4.90 Å². The molecule has 0 N–H and O–H groups in total. The van der Waals surface area contributed by atoms with E-state index in [2.05, 4.69) is 38.7 Å². The lowest BCUT2D eigenvalue weighted by Crippen LogP contribution is -2.36. The molecule has 0 saturated carbocycles. The lowest BCUT2D eigenvalue weighted by molar-refractivity contribution is 0.178. The zero-order valence-electron chi connectivity index (χ0n) is 10.1. The topological polar surface area (TPSA) is 27.0 Å². The molecule has 2 heteroatoms. The van der Waals surface area contributed by atoms with Crippen LogP contribution in [0.3, 0.4) is 0 Å². The van der Waals surface area contributed by atoms with E-state index in [1.807, 2.05) is 0 Å². The third kappa shape index (κ3) is 5.24. The second-order valence-corrected chi connectivity index (χ2v) is 4.22. The first-order valence-corrected chi connectivity index (χ1v) is 5.76. The summed E-state index contributed by atoms with van der Waals surface area (Å²) in [6.45, 7) is 11.1. The van der Waals surface area contributed by atoms with Crippen LogP contribution in [0.15, 0.2) is 0 Å². The molecule has 0 amide bonds. The van der Waals surface area contributed by atoms with Crippen LogP contribution < -0.4 is 0 Å². The Hall–Kier alpha value is -0.550. The van der Waals surface area contributed by atoms with Crippen molar-refractivity contribution in [2.24, 2.45) is 5.92 Å². The lowest BCUT2D eigenvalue weighted by Gasteiger charge is -2.29. The first-order chi connectivity index (χ1) is 6.65. The van der Waals surface area contributed by atoms with Crippen LogP contribution in [-0.2, 0) is 0 Å². The van der Waals surface area contributed by atoms with E-state index >= 15 is 0 Å². The molecule has 0 heterocycles. The molecule has 0 aliphatic carbocycles. The summed E-state index contributed by atoms with van der Waals surface area (Å²) in [7, 11) is 0. The van der Waals surface area contributed by atoms with Gasteiger partial charge in [-0.05, 0) is 32.2 Å². The SMILES string of the molecule is CCCN(CC(C)CC#N)C(C)CC. The maximum Gasteiger partial charge on any atom is 0.0625 e. The van der Waals surface area contributed by atoms with E-state index in [1.54, 1.807) is 0 Å². The van der Waals surface area contributed by atoms with Gasteiger partial charge in [-0.25, -0.2) is 0 Å². The van der Waals surface area contributed by atoms with Gasteiger partial charge in [0.1, 0.15) is 0 Å². The molecular formula is C12H24N2. The highest BCUT2D eigenvalue weighted by atomic mass is 15.1. The van der Waals surface area contributed by atoms with Crippen LogP contribution in [0.25, 0.3) is 0 Å². The van der Waals surface area contributed by atoms with Crippen molar-refractivity contribution in [1.29, 1.82) is 5.26 Å². The monoisotopic (exact) mass is 196 g/mol. The van der Waals surface area contributed by atoms with Gasteiger partial charge >= 0.3 is 0 Å². The normalized spacial score (nSPS) is 15.1. The Bertz CT molecular complexity index is 172. The third-order valence-corrected chi connectivity index (χ3v) is 2.71. The van der Waals surface area contributed by atoms with Gasteiger partial charge in [0.2, 0.25) is 0 Å². The molecule has 0 spiro atoms. The first-order valence-electron chi connectivity index (χ1n) is 5.76. The van der Waals surface area contributed by atoms with Gasteiger partial charge in [-0.3, -0.25) is 0 Å². The van der Waals surface area contributed by atoms with Gasteiger partial charge in [-0.1, -0.05) is 20.8 Å². The zero-order chi connectivity index (χ0) is 11.0. The molecular weight excluding hydrogens is 172 g/mol. The van der Waals surface area contributed by atoms with Crippen molar-refractivity contribution >= 4 is 0 Å². The van der Waals surface area contributed by atoms with Crippen LogP contribution in [0, 0.1) is 17.2 Å². The van der Waals surface area contributed by atoms with E-state index in [1.165, 1.54) is 12.8 Å². The van der Waals surface area contributed by atoms with Gasteiger partial charge in [0.05, 0.1) is 6.07 Å². The van der Waals surface area contributed by atoms with Crippen molar-refractivity contribution in [3.63, 3.8) is 0 Å². The van der Waals surface area contributed by atoms with E-state index in [4.69, 9.17) is 5.26 Å². The Kier molecular flexibility index (Phi) is 7.51. The molecule has 0 rings (SSSR count). The molecule has 0 bridgehead atoms. The van der Waals surface area contributed by atoms with Crippen molar-refractivity contribution in [2.45, 2.75) is 53.0 Å². The van der Waals surface area contributed by atoms with Crippen molar-refractivity contribution in [3.8, 4) is 6.07 Å². The summed E-state index contributed by atoms with van der Waals surface area (Å²) in [6.07, 6.45) is 3.07. The Labute approximate surface area is 88.9 Å². The molecule has 0 radical (unpaired) electrons. The maximum atomic E-state index is 8.61. The summed E-state index contributed by atoms with van der Waals surface area (Å²) in [4.78, 5) is 2.50. The Morgan fingerprint density at radius 2 is 1.93 bits per heavy atom. The minimum absolute atomic E-state index is 0.501. The second-order valence-electron chi connectivity index (χ2n) is 4.22. The number of nitrogens with zero attached hydrogens (tertiary/aromatic N) is 2. The molecule has 2 atom stereocenters. The fourth-order valence-electron chi connectivity index (χ4n) is 1.66. The van der Waals surface area contributed by atoms with Crippen molar-refractivity contribution in [2.75, 3.05) is 13.1 Å². The van der Waals surface area contributed by atoms with Crippen LogP contribution in [-0.4, -0.2) is 24.0 Å². The van der Waals surface area contributed by atoms with Crippen LogP contribution >= 0.6 is 0 Å². The average Bonchev–Trinajstić information content (AvgIpc) is 2.16. The van der Waals surface area contributed by atoms with E-state index < -0.39 is 0 Å². The quantitative estimate of drug-likeness (QED) is 0.626. The van der Waals surface area contributed by atoms with Gasteiger partial charge in [-0.2, -0.15) is 5.26 Å². The molecule has 0 aromatic heterocycles. The Morgan fingerprint density at radius 1 is 1.29 bits per heavy atom. The Balaban J connectivity index is 4.02. The number of rotatable bonds is 7. The average molecular weight is 196 g/mol. The van der Waals surface area contributed by atoms with Gasteiger partial charge in [0.25, 0.3) is 0 Å². The molecule has 14 heavy (non-hydrogen) atoms. The van der Waals surface area contributed by atoms with Crippen molar-refractivity contribution in [3.05, 3.63) is 0 Å². The van der Waals surface area contributed by atoms with Gasteiger partial charge in [0.15, 0.2) is 0 Å². The van der Waals surface area contributed by atoms with Gasteiger partial charge < -0.3 is 4.90 Å². The highest BCUT2D eigenvalue weighted by molar-refractivity contribution is 4.77. The number of nitriles is 1. The molecule has 2 nitrogen and oxygen atoms in total. The number of hydrogen-bond acceptors (Lipinski definition) is 2. The molecule has 0 aromatic rings. The molecule has 0 aromatic carbocycles. The summed E-state index contributed by atoms with van der Waals surface area (Å²) in [5, 5.41) is 8.61. The summed E-state index contributed by atoms with van der Waals surface area (Å²) < 4.78 is 0. The zero-order valence-corrected chi connectivity index (χ0v) is 10.1. The highest BCUT2D eigenvalue weighted by Gasteiger charge is 2.13. The molecule has 82 valence electrons. The minimum Gasteiger partial charge on any atom is -0.300 e. The lowest BCUT2D eigenvalue weighted by atomic mass is 10.1. The largest absolute Gasteiger partial charge is 0.300 e. The smallest absolute Gasteiger partial charge is 0.0625 e. The molecule has 0 aliphatic rings. The fourth-order valence-corrected chi connectivity index (χ4v) is 1.66. The van der Waals surface area contributed by atoms with Gasteiger partial charge in [-0.15, -0.1) is 0 Å². The second kappa shape index (κ2) is 7.82.